The molecule has 0 saturated heterocycles. The molecule has 0 heterocycles. The van der Waals surface area contributed by atoms with E-state index in [1.807, 2.05) is 19.1 Å². The van der Waals surface area contributed by atoms with E-state index >= 15 is 0 Å². The van der Waals surface area contributed by atoms with Gasteiger partial charge in [0.05, 0.1) is 11.7 Å². The van der Waals surface area contributed by atoms with Crippen molar-refractivity contribution in [2.24, 2.45) is 0 Å². The molecule has 0 aromatic heterocycles. The van der Waals surface area contributed by atoms with Crippen molar-refractivity contribution in [1.82, 2.24) is 0 Å². The molecule has 0 fully saturated rings. The van der Waals surface area contributed by atoms with E-state index in [9.17, 15) is 18.0 Å². The monoisotopic (exact) mass is 338 g/mol. The van der Waals surface area contributed by atoms with Gasteiger partial charge in [-0.05, 0) is 43.2 Å². The highest BCUT2D eigenvalue weighted by Crippen LogP contribution is 2.30. The summed E-state index contributed by atoms with van der Waals surface area (Å²) in [6.45, 7) is 3.51. The summed E-state index contributed by atoms with van der Waals surface area (Å²) in [6, 6.07) is 12.7. The van der Waals surface area contributed by atoms with E-state index in [1.54, 1.807) is 19.1 Å². The van der Waals surface area contributed by atoms with Gasteiger partial charge in [0.1, 0.15) is 5.75 Å². The van der Waals surface area contributed by atoms with Crippen LogP contribution in [0.1, 0.15) is 40.9 Å². The lowest BCUT2D eigenvalue weighted by Gasteiger charge is -2.18. The molecule has 0 N–H and O–H groups in total. The minimum atomic E-state index is -4.70. The van der Waals surface area contributed by atoms with Crippen LogP contribution in [0.5, 0.6) is 5.75 Å². The van der Waals surface area contributed by atoms with Crippen molar-refractivity contribution in [2.45, 2.75) is 32.7 Å². The van der Waals surface area contributed by atoms with Crippen LogP contribution in [-0.2, 0) is 4.74 Å². The van der Waals surface area contributed by atoms with Crippen molar-refractivity contribution >= 4 is 5.97 Å². The Kier molecular flexibility index (Phi) is 5.62. The molecule has 0 aliphatic heterocycles. The maximum Gasteiger partial charge on any atom is 0.523 e. The predicted octanol–water partition coefficient (Wildman–Crippen LogP) is 5.20. The number of carbonyl (C=O) groups is 1. The third-order valence-electron chi connectivity index (χ3n) is 3.40. The molecule has 1 unspecified atom stereocenters. The molecule has 0 saturated carbocycles. The van der Waals surface area contributed by atoms with Crippen molar-refractivity contribution in [3.63, 3.8) is 0 Å². The van der Waals surface area contributed by atoms with Gasteiger partial charge in [-0.2, -0.15) is 0 Å². The van der Waals surface area contributed by atoms with E-state index in [-0.39, 0.29) is 12.0 Å². The van der Waals surface area contributed by atoms with E-state index in [4.69, 9.17) is 4.74 Å². The highest BCUT2D eigenvalue weighted by molar-refractivity contribution is 5.91. The van der Waals surface area contributed by atoms with Gasteiger partial charge in [-0.3, -0.25) is 4.74 Å². The van der Waals surface area contributed by atoms with Crippen molar-refractivity contribution in [3.05, 3.63) is 65.2 Å². The zero-order valence-electron chi connectivity index (χ0n) is 13.3. The zero-order valence-corrected chi connectivity index (χ0v) is 13.3. The van der Waals surface area contributed by atoms with Gasteiger partial charge in [0.25, 0.3) is 0 Å². The third kappa shape index (κ3) is 5.09. The highest BCUT2D eigenvalue weighted by Gasteiger charge is 2.33. The van der Waals surface area contributed by atoms with Crippen LogP contribution in [0.25, 0.3) is 0 Å². The number of carbonyl (C=O) groups excluding carboxylic acids is 1. The molecule has 24 heavy (non-hydrogen) atoms. The first-order valence-corrected chi connectivity index (χ1v) is 7.42. The fourth-order valence-electron chi connectivity index (χ4n) is 2.15. The fraction of sp³-hybridized carbons (Fsp3) is 0.278. The summed E-state index contributed by atoms with van der Waals surface area (Å²) >= 11 is 0. The fourth-order valence-corrected chi connectivity index (χ4v) is 2.15. The lowest BCUT2D eigenvalue weighted by molar-refractivity contribution is -0.345. The minimum absolute atomic E-state index is 0.159. The maximum atomic E-state index is 12.4. The molecular formula is C18H17F3O3. The van der Waals surface area contributed by atoms with Crippen molar-refractivity contribution in [3.8, 4) is 5.75 Å². The lowest BCUT2D eigenvalue weighted by Crippen LogP contribution is -2.18. The standard InChI is InChI=1S/C18H17F3O3/c1-3-16(24-18(19,20)21)13-6-8-14(9-7-13)17(22)23-15-10-4-12(2)5-11-15/h4-11,16H,3H2,1-2H3. The van der Waals surface area contributed by atoms with Gasteiger partial charge < -0.3 is 4.74 Å². The molecule has 2 aromatic carbocycles. The first-order chi connectivity index (χ1) is 11.3. The van der Waals surface area contributed by atoms with Gasteiger partial charge in [0, 0.05) is 0 Å². The van der Waals surface area contributed by atoms with E-state index in [1.165, 1.54) is 24.3 Å². The lowest BCUT2D eigenvalue weighted by atomic mass is 10.1. The quantitative estimate of drug-likeness (QED) is 0.555. The molecule has 2 aromatic rings. The van der Waals surface area contributed by atoms with Crippen LogP contribution in [0.3, 0.4) is 0 Å². The molecule has 6 heteroatoms. The Morgan fingerprint density at radius 1 is 1.04 bits per heavy atom. The Hall–Kier alpha value is -2.34. The Bertz CT molecular complexity index is 676. The molecule has 1 atom stereocenters. The Labute approximate surface area is 138 Å². The van der Waals surface area contributed by atoms with Gasteiger partial charge in [-0.25, -0.2) is 4.79 Å². The van der Waals surface area contributed by atoms with Crippen LogP contribution in [0.15, 0.2) is 48.5 Å². The smallest absolute Gasteiger partial charge is 0.423 e. The SMILES string of the molecule is CCC(OC(F)(F)F)c1ccc(C(=O)Oc2ccc(C)cc2)cc1. The molecule has 0 aliphatic carbocycles. The topological polar surface area (TPSA) is 35.5 Å². The molecule has 0 aliphatic rings. The van der Waals surface area contributed by atoms with E-state index in [2.05, 4.69) is 4.74 Å². The second-order valence-electron chi connectivity index (χ2n) is 5.29. The van der Waals surface area contributed by atoms with E-state index < -0.39 is 18.4 Å². The molecule has 0 amide bonds. The van der Waals surface area contributed by atoms with Crippen LogP contribution < -0.4 is 4.74 Å². The molecule has 128 valence electrons. The van der Waals surface area contributed by atoms with Crippen LogP contribution in [0.4, 0.5) is 13.2 Å². The summed E-state index contributed by atoms with van der Waals surface area (Å²) in [5.74, 6) is -0.170. The largest absolute Gasteiger partial charge is 0.523 e. The summed E-state index contributed by atoms with van der Waals surface area (Å²) in [4.78, 5) is 12.0. The molecule has 0 bridgehead atoms. The van der Waals surface area contributed by atoms with Gasteiger partial charge in [-0.1, -0.05) is 36.8 Å². The predicted molar refractivity (Wildman–Crippen MR) is 82.8 cm³/mol. The summed E-state index contributed by atoms with van der Waals surface area (Å²) in [6.07, 6.45) is -5.65. The minimum Gasteiger partial charge on any atom is -0.423 e. The average Bonchev–Trinajstić information content (AvgIpc) is 2.54. The third-order valence-corrected chi connectivity index (χ3v) is 3.40. The highest BCUT2D eigenvalue weighted by atomic mass is 19.4. The summed E-state index contributed by atoms with van der Waals surface area (Å²) in [5, 5.41) is 0. The summed E-state index contributed by atoms with van der Waals surface area (Å²) in [7, 11) is 0. The van der Waals surface area contributed by atoms with Crippen LogP contribution in [0.2, 0.25) is 0 Å². The number of alkyl halides is 3. The van der Waals surface area contributed by atoms with E-state index in [0.29, 0.717) is 11.3 Å². The number of rotatable bonds is 5. The zero-order chi connectivity index (χ0) is 17.7. The molecule has 0 radical (unpaired) electrons. The van der Waals surface area contributed by atoms with Gasteiger partial charge in [0.2, 0.25) is 0 Å². The average molecular weight is 338 g/mol. The molecule has 2 rings (SSSR count). The van der Waals surface area contributed by atoms with Gasteiger partial charge in [0.15, 0.2) is 0 Å². The second kappa shape index (κ2) is 7.49. The number of hydrogen-bond acceptors (Lipinski definition) is 3. The van der Waals surface area contributed by atoms with Crippen LogP contribution >= 0.6 is 0 Å². The Balaban J connectivity index is 2.07. The van der Waals surface area contributed by atoms with Crippen LogP contribution in [0, 0.1) is 6.92 Å². The normalized spacial score (nSPS) is 12.7. The van der Waals surface area contributed by atoms with E-state index in [0.717, 1.165) is 5.56 Å². The molecule has 3 nitrogen and oxygen atoms in total. The Morgan fingerprint density at radius 3 is 2.12 bits per heavy atom. The van der Waals surface area contributed by atoms with Crippen molar-refractivity contribution in [2.75, 3.05) is 0 Å². The summed E-state index contributed by atoms with van der Waals surface area (Å²) < 4.78 is 46.4. The van der Waals surface area contributed by atoms with Gasteiger partial charge >= 0.3 is 12.3 Å². The number of aryl methyl sites for hydroxylation is 1. The molecular weight excluding hydrogens is 321 g/mol. The number of halogens is 3. The number of esters is 1. The number of hydrogen-bond donors (Lipinski definition) is 0. The van der Waals surface area contributed by atoms with Crippen LogP contribution in [-0.4, -0.2) is 12.3 Å². The van der Waals surface area contributed by atoms with Crippen molar-refractivity contribution in [1.29, 1.82) is 0 Å². The second-order valence-corrected chi connectivity index (χ2v) is 5.29. The number of ether oxygens (including phenoxy) is 2. The number of benzene rings is 2. The van der Waals surface area contributed by atoms with Gasteiger partial charge in [-0.15, -0.1) is 13.2 Å². The maximum absolute atomic E-state index is 12.4. The van der Waals surface area contributed by atoms with Crippen molar-refractivity contribution < 1.29 is 27.4 Å². The molecule has 0 spiro atoms. The first-order valence-electron chi connectivity index (χ1n) is 7.42. The summed E-state index contributed by atoms with van der Waals surface area (Å²) in [5.41, 5.74) is 1.64. The Morgan fingerprint density at radius 2 is 1.62 bits per heavy atom. The first kappa shape index (κ1) is 18.0.